The molecule has 3 aromatic rings. The third-order valence-electron chi connectivity index (χ3n) is 3.13. The summed E-state index contributed by atoms with van der Waals surface area (Å²) in [4.78, 5) is 4.47. The number of hydrogen-bond acceptors (Lipinski definition) is 4. The Morgan fingerprint density at radius 1 is 1.10 bits per heavy atom. The van der Waals surface area contributed by atoms with E-state index in [1.807, 2.05) is 31.2 Å². The van der Waals surface area contributed by atoms with Crippen LogP contribution in [0.5, 0.6) is 11.5 Å². The van der Waals surface area contributed by atoms with Crippen molar-refractivity contribution in [1.82, 2.24) is 4.98 Å². The number of nitrogens with two attached hydrogens (primary N) is 1. The molecule has 21 heavy (non-hydrogen) atoms. The molecule has 0 atom stereocenters. The van der Waals surface area contributed by atoms with Crippen LogP contribution in [-0.2, 0) is 0 Å². The summed E-state index contributed by atoms with van der Waals surface area (Å²) in [6, 6.07) is 16.5. The topological polar surface area (TPSA) is 71.9 Å². The SMILES string of the molecule is Cc1cc(Oc2ccc(C#N)cc2)c2cc(N)ccc2n1. The van der Waals surface area contributed by atoms with E-state index in [9.17, 15) is 0 Å². The molecule has 1 aromatic heterocycles. The zero-order valence-corrected chi connectivity index (χ0v) is 11.5. The van der Waals surface area contributed by atoms with Gasteiger partial charge in [-0.3, -0.25) is 4.98 Å². The molecule has 1 heterocycles. The van der Waals surface area contributed by atoms with Gasteiger partial charge < -0.3 is 10.5 Å². The highest BCUT2D eigenvalue weighted by Crippen LogP contribution is 2.31. The Bertz CT molecular complexity index is 848. The van der Waals surface area contributed by atoms with Crippen molar-refractivity contribution in [3.8, 4) is 17.6 Å². The minimum absolute atomic E-state index is 0.599. The lowest BCUT2D eigenvalue weighted by atomic mass is 10.1. The third-order valence-corrected chi connectivity index (χ3v) is 3.13. The number of hydrogen-bond donors (Lipinski definition) is 1. The van der Waals surface area contributed by atoms with E-state index in [0.29, 0.717) is 22.7 Å². The van der Waals surface area contributed by atoms with Crippen LogP contribution in [0.25, 0.3) is 10.9 Å². The largest absolute Gasteiger partial charge is 0.457 e. The van der Waals surface area contributed by atoms with Gasteiger partial charge in [0.25, 0.3) is 0 Å². The smallest absolute Gasteiger partial charge is 0.138 e. The number of aryl methyl sites for hydroxylation is 1. The molecule has 0 unspecified atom stereocenters. The molecule has 4 nitrogen and oxygen atoms in total. The van der Waals surface area contributed by atoms with E-state index in [1.165, 1.54) is 0 Å². The molecule has 3 rings (SSSR count). The van der Waals surface area contributed by atoms with Crippen LogP contribution in [0, 0.1) is 18.3 Å². The zero-order chi connectivity index (χ0) is 14.8. The van der Waals surface area contributed by atoms with Gasteiger partial charge in [0.1, 0.15) is 11.5 Å². The van der Waals surface area contributed by atoms with Crippen LogP contribution in [0.4, 0.5) is 5.69 Å². The van der Waals surface area contributed by atoms with Crippen molar-refractivity contribution in [3.63, 3.8) is 0 Å². The molecule has 0 bridgehead atoms. The molecule has 4 heteroatoms. The predicted octanol–water partition coefficient (Wildman–Crippen LogP) is 3.79. The lowest BCUT2D eigenvalue weighted by molar-refractivity contribution is 0.487. The molecule has 0 radical (unpaired) electrons. The van der Waals surface area contributed by atoms with E-state index in [2.05, 4.69) is 11.1 Å². The molecule has 102 valence electrons. The van der Waals surface area contributed by atoms with E-state index in [4.69, 9.17) is 15.7 Å². The van der Waals surface area contributed by atoms with Gasteiger partial charge in [0.05, 0.1) is 17.1 Å². The Hall–Kier alpha value is -3.06. The Labute approximate surface area is 122 Å². The lowest BCUT2D eigenvalue weighted by Gasteiger charge is -2.10. The molecule has 2 N–H and O–H groups in total. The zero-order valence-electron chi connectivity index (χ0n) is 11.5. The van der Waals surface area contributed by atoms with Gasteiger partial charge in [0.2, 0.25) is 0 Å². The Kier molecular flexibility index (Phi) is 3.17. The highest BCUT2D eigenvalue weighted by Gasteiger charge is 2.07. The van der Waals surface area contributed by atoms with E-state index in [-0.39, 0.29) is 0 Å². The highest BCUT2D eigenvalue weighted by molar-refractivity contribution is 5.88. The minimum Gasteiger partial charge on any atom is -0.457 e. The summed E-state index contributed by atoms with van der Waals surface area (Å²) >= 11 is 0. The maximum atomic E-state index is 8.81. The second kappa shape index (κ2) is 5.14. The van der Waals surface area contributed by atoms with Gasteiger partial charge in [0.15, 0.2) is 0 Å². The quantitative estimate of drug-likeness (QED) is 0.722. The maximum Gasteiger partial charge on any atom is 0.138 e. The fourth-order valence-electron chi connectivity index (χ4n) is 2.15. The first-order valence-corrected chi connectivity index (χ1v) is 6.50. The minimum atomic E-state index is 0.599. The van der Waals surface area contributed by atoms with Gasteiger partial charge in [-0.2, -0.15) is 5.26 Å². The summed E-state index contributed by atoms with van der Waals surface area (Å²) < 4.78 is 5.92. The molecule has 0 spiro atoms. The average molecular weight is 275 g/mol. The van der Waals surface area contributed by atoms with Crippen molar-refractivity contribution >= 4 is 16.6 Å². The summed E-state index contributed by atoms with van der Waals surface area (Å²) in [6.45, 7) is 1.92. The van der Waals surface area contributed by atoms with Crippen molar-refractivity contribution < 1.29 is 4.74 Å². The first-order chi connectivity index (χ1) is 10.2. The van der Waals surface area contributed by atoms with Gasteiger partial charge in [0, 0.05) is 22.8 Å². The predicted molar refractivity (Wildman–Crippen MR) is 82.1 cm³/mol. The van der Waals surface area contributed by atoms with Crippen LogP contribution in [0.15, 0.2) is 48.5 Å². The van der Waals surface area contributed by atoms with Gasteiger partial charge in [-0.05, 0) is 49.4 Å². The van der Waals surface area contributed by atoms with Crippen LogP contribution in [0.3, 0.4) is 0 Å². The molecule has 0 aliphatic carbocycles. The molecule has 0 aliphatic rings. The van der Waals surface area contributed by atoms with Crippen molar-refractivity contribution in [2.45, 2.75) is 6.92 Å². The third kappa shape index (κ3) is 2.63. The van der Waals surface area contributed by atoms with Crippen LogP contribution in [-0.4, -0.2) is 4.98 Å². The number of ether oxygens (including phenoxy) is 1. The molecule has 0 fully saturated rings. The lowest BCUT2D eigenvalue weighted by Crippen LogP contribution is -1.92. The van der Waals surface area contributed by atoms with Crippen molar-refractivity contribution in [2.24, 2.45) is 0 Å². The summed E-state index contributed by atoms with van der Waals surface area (Å²) in [7, 11) is 0. The van der Waals surface area contributed by atoms with Crippen LogP contribution in [0.1, 0.15) is 11.3 Å². The second-order valence-electron chi connectivity index (χ2n) is 4.78. The van der Waals surface area contributed by atoms with Crippen LogP contribution < -0.4 is 10.5 Å². The van der Waals surface area contributed by atoms with Crippen molar-refractivity contribution in [3.05, 3.63) is 59.8 Å². The monoisotopic (exact) mass is 275 g/mol. The fourth-order valence-corrected chi connectivity index (χ4v) is 2.15. The number of anilines is 1. The molecular weight excluding hydrogens is 262 g/mol. The number of aromatic nitrogens is 1. The molecule has 0 amide bonds. The van der Waals surface area contributed by atoms with Crippen molar-refractivity contribution in [1.29, 1.82) is 5.26 Å². The number of fused-ring (bicyclic) bond motifs is 1. The summed E-state index contributed by atoms with van der Waals surface area (Å²) in [6.07, 6.45) is 0. The van der Waals surface area contributed by atoms with Gasteiger partial charge >= 0.3 is 0 Å². The number of nitrogens with zero attached hydrogens (tertiary/aromatic N) is 2. The Morgan fingerprint density at radius 3 is 2.57 bits per heavy atom. The van der Waals surface area contributed by atoms with Gasteiger partial charge in [-0.25, -0.2) is 0 Å². The first kappa shape index (κ1) is 12.9. The van der Waals surface area contributed by atoms with E-state index in [1.54, 1.807) is 24.3 Å². The Balaban J connectivity index is 2.06. The van der Waals surface area contributed by atoms with E-state index < -0.39 is 0 Å². The summed E-state index contributed by atoms with van der Waals surface area (Å²) in [5.74, 6) is 1.37. The molecule has 0 aliphatic heterocycles. The number of benzene rings is 2. The van der Waals surface area contributed by atoms with Gasteiger partial charge in [-0.15, -0.1) is 0 Å². The number of rotatable bonds is 2. The average Bonchev–Trinajstić information content (AvgIpc) is 2.49. The van der Waals surface area contributed by atoms with E-state index in [0.717, 1.165) is 16.6 Å². The molecule has 2 aromatic carbocycles. The molecule has 0 saturated heterocycles. The van der Waals surface area contributed by atoms with E-state index >= 15 is 0 Å². The van der Waals surface area contributed by atoms with Crippen LogP contribution >= 0.6 is 0 Å². The summed E-state index contributed by atoms with van der Waals surface area (Å²) in [5.41, 5.74) is 8.82. The molecular formula is C17H13N3O. The fraction of sp³-hybridized carbons (Fsp3) is 0.0588. The van der Waals surface area contributed by atoms with Crippen molar-refractivity contribution in [2.75, 3.05) is 5.73 Å². The molecule has 0 saturated carbocycles. The highest BCUT2D eigenvalue weighted by atomic mass is 16.5. The standard InChI is InChI=1S/C17H13N3O/c1-11-8-17(15-9-13(19)4-7-16(15)20-11)21-14-5-2-12(10-18)3-6-14/h2-9H,19H2,1H3. The number of nitriles is 1. The Morgan fingerprint density at radius 2 is 1.86 bits per heavy atom. The van der Waals surface area contributed by atoms with Crippen LogP contribution in [0.2, 0.25) is 0 Å². The summed E-state index contributed by atoms with van der Waals surface area (Å²) in [5, 5.41) is 9.68. The second-order valence-corrected chi connectivity index (χ2v) is 4.78. The van der Waals surface area contributed by atoms with Gasteiger partial charge in [-0.1, -0.05) is 0 Å². The maximum absolute atomic E-state index is 8.81. The number of pyridine rings is 1. The normalized spacial score (nSPS) is 10.3. The number of nitrogen functional groups attached to an aromatic ring is 1. The first-order valence-electron chi connectivity index (χ1n) is 6.50.